The van der Waals surface area contributed by atoms with E-state index in [-0.39, 0.29) is 44.4 Å². The third-order valence-corrected chi connectivity index (χ3v) is 10.8. The minimum absolute atomic E-state index is 0.0354. The number of hydrogen-bond donors (Lipinski definition) is 3. The Labute approximate surface area is 303 Å². The molecule has 0 aliphatic rings. The molecule has 11 heteroatoms. The number of H-pyrrole nitrogens is 1. The SMILES string of the molecule is CCC(CC(Oc1ccccc1)(C(=O)Nc1cccc(C(=O)Nc2cc(=O)n(-c3c(Cl)cc(Cl)cc3Cl)[nH]2)c1)C(C)(C)CC)C(C)(C)CC. The number of hydrogen-bond acceptors (Lipinski definition) is 4. The van der Waals surface area contributed by atoms with Gasteiger partial charge in [0.25, 0.3) is 17.4 Å². The standard InChI is InChI=1S/C38H45Cl3N4O4/c1-8-25(36(4,5)9-2)23-38(37(6,7)10-3,49-28-17-12-11-13-18-28)35(48)42-27-16-14-15-24(19-27)34(47)43-31-22-32(46)45(44-31)33-29(40)20-26(39)21-30(33)41/h11-22,25,44H,8-10,23H2,1-7H3,(H,42,48)(H,43,47). The van der Waals surface area contributed by atoms with Crippen LogP contribution in [0.3, 0.4) is 0 Å². The number of rotatable bonds is 14. The van der Waals surface area contributed by atoms with Gasteiger partial charge in [0.2, 0.25) is 0 Å². The predicted octanol–water partition coefficient (Wildman–Crippen LogP) is 10.4. The van der Waals surface area contributed by atoms with Crippen molar-refractivity contribution in [3.05, 3.63) is 104 Å². The zero-order valence-electron chi connectivity index (χ0n) is 29.0. The Morgan fingerprint density at radius 1 is 0.857 bits per heavy atom. The summed E-state index contributed by atoms with van der Waals surface area (Å²) in [6.07, 6.45) is 3.01. The van der Waals surface area contributed by atoms with Crippen LogP contribution in [-0.4, -0.2) is 27.2 Å². The van der Waals surface area contributed by atoms with Crippen molar-refractivity contribution in [1.82, 2.24) is 9.78 Å². The number of nitrogens with zero attached hydrogens (tertiary/aromatic N) is 1. The molecule has 4 rings (SSSR count). The third kappa shape index (κ3) is 8.36. The van der Waals surface area contributed by atoms with Crippen molar-refractivity contribution in [3.8, 4) is 11.4 Å². The molecule has 2 amide bonds. The third-order valence-electron chi connectivity index (χ3n) is 9.98. The summed E-state index contributed by atoms with van der Waals surface area (Å²) in [6.45, 7) is 15.0. The number of ether oxygens (including phenoxy) is 1. The molecule has 4 aromatic rings. The van der Waals surface area contributed by atoms with E-state index in [0.29, 0.717) is 29.3 Å². The largest absolute Gasteiger partial charge is 0.477 e. The van der Waals surface area contributed by atoms with Gasteiger partial charge in [0.05, 0.1) is 10.0 Å². The molecule has 0 aliphatic heterocycles. The molecule has 0 bridgehead atoms. The predicted molar refractivity (Wildman–Crippen MR) is 201 cm³/mol. The summed E-state index contributed by atoms with van der Waals surface area (Å²) in [4.78, 5) is 40.9. The lowest BCUT2D eigenvalue weighted by Crippen LogP contribution is -2.60. The highest BCUT2D eigenvalue weighted by atomic mass is 35.5. The first kappa shape index (κ1) is 38.1. The number of aromatic nitrogens is 2. The van der Waals surface area contributed by atoms with Crippen LogP contribution >= 0.6 is 34.8 Å². The first-order chi connectivity index (χ1) is 23.1. The molecule has 8 nitrogen and oxygen atoms in total. The number of nitrogens with one attached hydrogen (secondary N) is 3. The first-order valence-corrected chi connectivity index (χ1v) is 17.6. The van der Waals surface area contributed by atoms with Gasteiger partial charge in [-0.25, -0.2) is 4.68 Å². The fourth-order valence-electron chi connectivity index (χ4n) is 6.03. The van der Waals surface area contributed by atoms with Crippen molar-refractivity contribution in [2.24, 2.45) is 16.7 Å². The van der Waals surface area contributed by atoms with E-state index in [1.807, 2.05) is 30.3 Å². The van der Waals surface area contributed by atoms with Crippen molar-refractivity contribution in [3.63, 3.8) is 0 Å². The molecule has 0 radical (unpaired) electrons. The minimum Gasteiger partial charge on any atom is -0.477 e. The van der Waals surface area contributed by atoms with E-state index in [2.05, 4.69) is 64.2 Å². The number of benzene rings is 3. The molecule has 1 heterocycles. The second-order valence-corrected chi connectivity index (χ2v) is 14.9. The van der Waals surface area contributed by atoms with Crippen LogP contribution in [0.15, 0.2) is 77.6 Å². The second kappa shape index (κ2) is 15.4. The molecular weight excluding hydrogens is 683 g/mol. The Bertz CT molecular complexity index is 1830. The number of carbonyl (C=O) groups excluding carboxylic acids is 2. The van der Waals surface area contributed by atoms with Gasteiger partial charge in [0.15, 0.2) is 5.60 Å². The Morgan fingerprint density at radius 2 is 1.51 bits per heavy atom. The summed E-state index contributed by atoms with van der Waals surface area (Å²) in [6, 6.07) is 20.2. The van der Waals surface area contributed by atoms with Crippen molar-refractivity contribution < 1.29 is 14.3 Å². The number of anilines is 2. The zero-order valence-corrected chi connectivity index (χ0v) is 31.3. The molecule has 262 valence electrons. The maximum Gasteiger partial charge on any atom is 0.273 e. The highest BCUT2D eigenvalue weighted by Crippen LogP contribution is 2.48. The molecule has 0 spiro atoms. The molecule has 0 saturated heterocycles. The number of amides is 2. The van der Waals surface area contributed by atoms with Gasteiger partial charge < -0.3 is 15.4 Å². The molecular formula is C38H45Cl3N4O4. The average Bonchev–Trinajstić information content (AvgIpc) is 3.41. The molecule has 0 aliphatic carbocycles. The number of aromatic amines is 1. The van der Waals surface area contributed by atoms with Gasteiger partial charge in [-0.3, -0.25) is 19.5 Å². The number of para-hydroxylation sites is 1. The topological polar surface area (TPSA) is 105 Å². The van der Waals surface area contributed by atoms with E-state index >= 15 is 0 Å². The summed E-state index contributed by atoms with van der Waals surface area (Å²) in [5, 5.41) is 9.27. The van der Waals surface area contributed by atoms with E-state index in [0.717, 1.165) is 17.5 Å². The molecule has 0 saturated carbocycles. The lowest BCUT2D eigenvalue weighted by atomic mass is 9.62. The first-order valence-electron chi connectivity index (χ1n) is 16.5. The fraction of sp³-hybridized carbons (Fsp3) is 0.395. The molecule has 3 aromatic carbocycles. The minimum atomic E-state index is -1.25. The monoisotopic (exact) mass is 726 g/mol. The molecule has 2 atom stereocenters. The zero-order chi connectivity index (χ0) is 36.1. The van der Waals surface area contributed by atoms with Gasteiger partial charge in [0, 0.05) is 34.2 Å². The quantitative estimate of drug-likeness (QED) is 0.120. The van der Waals surface area contributed by atoms with Crippen LogP contribution in [-0.2, 0) is 4.79 Å². The van der Waals surface area contributed by atoms with Crippen LogP contribution < -0.4 is 20.9 Å². The summed E-state index contributed by atoms with van der Waals surface area (Å²) in [7, 11) is 0. The second-order valence-electron chi connectivity index (χ2n) is 13.7. The van der Waals surface area contributed by atoms with Gasteiger partial charge in [-0.2, -0.15) is 0 Å². The highest BCUT2D eigenvalue weighted by molar-refractivity contribution is 6.40. The number of halogens is 3. The summed E-state index contributed by atoms with van der Waals surface area (Å²) in [5.74, 6) is 0.120. The molecule has 1 aromatic heterocycles. The van der Waals surface area contributed by atoms with Gasteiger partial charge in [0.1, 0.15) is 17.3 Å². The maximum atomic E-state index is 14.7. The van der Waals surface area contributed by atoms with Crippen LogP contribution in [0.4, 0.5) is 11.5 Å². The smallest absolute Gasteiger partial charge is 0.273 e. The van der Waals surface area contributed by atoms with Gasteiger partial charge in [-0.15, -0.1) is 0 Å². The van der Waals surface area contributed by atoms with Crippen LogP contribution in [0.5, 0.6) is 5.75 Å². The maximum absolute atomic E-state index is 14.7. The Balaban J connectivity index is 1.66. The molecule has 3 N–H and O–H groups in total. The van der Waals surface area contributed by atoms with E-state index in [1.165, 1.54) is 18.2 Å². The lowest BCUT2D eigenvalue weighted by molar-refractivity contribution is -0.148. The molecule has 49 heavy (non-hydrogen) atoms. The Kier molecular flexibility index (Phi) is 12.0. The average molecular weight is 728 g/mol. The summed E-state index contributed by atoms with van der Waals surface area (Å²) < 4.78 is 7.96. The van der Waals surface area contributed by atoms with Crippen LogP contribution in [0.1, 0.15) is 84.5 Å². The van der Waals surface area contributed by atoms with Gasteiger partial charge >= 0.3 is 0 Å². The van der Waals surface area contributed by atoms with Crippen molar-refractivity contribution in [2.45, 2.75) is 79.8 Å². The molecule has 2 unspecified atom stereocenters. The highest BCUT2D eigenvalue weighted by Gasteiger charge is 2.55. The van der Waals surface area contributed by atoms with Crippen LogP contribution in [0, 0.1) is 16.7 Å². The van der Waals surface area contributed by atoms with Crippen molar-refractivity contribution in [2.75, 3.05) is 10.6 Å². The van der Waals surface area contributed by atoms with E-state index in [1.54, 1.807) is 24.3 Å². The van der Waals surface area contributed by atoms with Crippen LogP contribution in [0.25, 0.3) is 5.69 Å². The van der Waals surface area contributed by atoms with Gasteiger partial charge in [-0.1, -0.05) is 120 Å². The van der Waals surface area contributed by atoms with Crippen LogP contribution in [0.2, 0.25) is 15.1 Å². The lowest BCUT2D eigenvalue weighted by Gasteiger charge is -2.48. The number of carbonyl (C=O) groups is 2. The Hall–Kier alpha value is -3.72. The van der Waals surface area contributed by atoms with Crippen molar-refractivity contribution in [1.29, 1.82) is 0 Å². The Morgan fingerprint density at radius 3 is 2.10 bits per heavy atom. The van der Waals surface area contributed by atoms with Gasteiger partial charge in [-0.05, 0) is 60.2 Å². The van der Waals surface area contributed by atoms with E-state index in [4.69, 9.17) is 39.5 Å². The normalized spacial score (nSPS) is 13.8. The summed E-state index contributed by atoms with van der Waals surface area (Å²) in [5.41, 5.74) is -1.46. The summed E-state index contributed by atoms with van der Waals surface area (Å²) >= 11 is 18.6. The van der Waals surface area contributed by atoms with E-state index in [9.17, 15) is 14.4 Å². The van der Waals surface area contributed by atoms with E-state index < -0.39 is 22.5 Å². The fourth-order valence-corrected chi connectivity index (χ4v) is 7.01. The van der Waals surface area contributed by atoms with Crippen molar-refractivity contribution >= 4 is 58.1 Å². The molecule has 0 fully saturated rings.